The standard InChI is InChI=1S/C12H19N3O5S/c1-8(2)10(13)7-14-21(18,19)12-5-4-9(20-3)6-11(12)15(16)17/h4-6,8,10,14H,7,13H2,1-3H3. The van der Waals surface area contributed by atoms with Crippen LogP contribution < -0.4 is 15.2 Å². The fraction of sp³-hybridized carbons (Fsp3) is 0.500. The van der Waals surface area contributed by atoms with Crippen molar-refractivity contribution >= 4 is 15.7 Å². The van der Waals surface area contributed by atoms with Gasteiger partial charge in [0, 0.05) is 12.6 Å². The molecule has 0 saturated carbocycles. The van der Waals surface area contributed by atoms with E-state index in [9.17, 15) is 18.5 Å². The number of hydrogen-bond acceptors (Lipinski definition) is 6. The highest BCUT2D eigenvalue weighted by atomic mass is 32.2. The molecule has 0 spiro atoms. The van der Waals surface area contributed by atoms with E-state index in [1.54, 1.807) is 0 Å². The van der Waals surface area contributed by atoms with Crippen molar-refractivity contribution < 1.29 is 18.1 Å². The fourth-order valence-electron chi connectivity index (χ4n) is 1.51. The van der Waals surface area contributed by atoms with Crippen LogP contribution in [0.3, 0.4) is 0 Å². The van der Waals surface area contributed by atoms with E-state index in [-0.39, 0.29) is 24.3 Å². The van der Waals surface area contributed by atoms with Crippen molar-refractivity contribution in [1.82, 2.24) is 4.72 Å². The van der Waals surface area contributed by atoms with Gasteiger partial charge in [0.2, 0.25) is 10.0 Å². The molecule has 8 nitrogen and oxygen atoms in total. The molecule has 1 aromatic rings. The predicted octanol–water partition coefficient (Wildman–Crippen LogP) is 0.865. The minimum Gasteiger partial charge on any atom is -0.497 e. The van der Waals surface area contributed by atoms with Gasteiger partial charge in [-0.25, -0.2) is 13.1 Å². The number of hydrogen-bond donors (Lipinski definition) is 2. The van der Waals surface area contributed by atoms with E-state index in [1.165, 1.54) is 13.2 Å². The number of nitro benzene ring substituents is 1. The zero-order valence-corrected chi connectivity index (χ0v) is 12.9. The van der Waals surface area contributed by atoms with Gasteiger partial charge in [-0.05, 0) is 18.1 Å². The first-order chi connectivity index (χ1) is 9.69. The quantitative estimate of drug-likeness (QED) is 0.568. The first-order valence-corrected chi connectivity index (χ1v) is 7.75. The molecule has 21 heavy (non-hydrogen) atoms. The summed E-state index contributed by atoms with van der Waals surface area (Å²) in [5.74, 6) is 0.290. The predicted molar refractivity (Wildman–Crippen MR) is 77.7 cm³/mol. The molecule has 0 aliphatic carbocycles. The fourth-order valence-corrected chi connectivity index (χ4v) is 2.74. The van der Waals surface area contributed by atoms with Gasteiger partial charge in [0.15, 0.2) is 4.90 Å². The molecule has 0 heterocycles. The zero-order chi connectivity index (χ0) is 16.2. The number of sulfonamides is 1. The molecule has 1 aromatic carbocycles. The molecule has 118 valence electrons. The summed E-state index contributed by atoms with van der Waals surface area (Å²) in [6, 6.07) is 3.18. The van der Waals surface area contributed by atoms with Crippen molar-refractivity contribution in [2.75, 3.05) is 13.7 Å². The molecule has 3 N–H and O–H groups in total. The lowest BCUT2D eigenvalue weighted by molar-refractivity contribution is -0.387. The summed E-state index contributed by atoms with van der Waals surface area (Å²) < 4.78 is 31.5. The highest BCUT2D eigenvalue weighted by Crippen LogP contribution is 2.28. The van der Waals surface area contributed by atoms with Crippen LogP contribution in [0.2, 0.25) is 0 Å². The second-order valence-corrected chi connectivity index (χ2v) is 6.59. The van der Waals surface area contributed by atoms with Crippen LogP contribution in [0.4, 0.5) is 5.69 Å². The Balaban J connectivity index is 3.10. The van der Waals surface area contributed by atoms with Crippen molar-refractivity contribution in [2.24, 2.45) is 11.7 Å². The van der Waals surface area contributed by atoms with Gasteiger partial charge in [0.05, 0.1) is 18.1 Å². The lowest BCUT2D eigenvalue weighted by Crippen LogP contribution is -2.40. The normalized spacial score (nSPS) is 13.2. The maximum absolute atomic E-state index is 12.2. The molecule has 0 saturated heterocycles. The van der Waals surface area contributed by atoms with Crippen molar-refractivity contribution in [1.29, 1.82) is 0 Å². The van der Waals surface area contributed by atoms with E-state index in [0.29, 0.717) is 0 Å². The largest absolute Gasteiger partial charge is 0.497 e. The molecule has 0 aliphatic heterocycles. The number of ether oxygens (including phenoxy) is 1. The summed E-state index contributed by atoms with van der Waals surface area (Å²) >= 11 is 0. The third-order valence-corrected chi connectivity index (χ3v) is 4.49. The average Bonchev–Trinajstić information content (AvgIpc) is 2.43. The van der Waals surface area contributed by atoms with Gasteiger partial charge in [0.25, 0.3) is 5.69 Å². The van der Waals surface area contributed by atoms with Gasteiger partial charge in [-0.3, -0.25) is 10.1 Å². The number of rotatable bonds is 7. The van der Waals surface area contributed by atoms with Gasteiger partial charge >= 0.3 is 0 Å². The molecule has 0 aromatic heterocycles. The highest BCUT2D eigenvalue weighted by molar-refractivity contribution is 7.89. The number of methoxy groups -OCH3 is 1. The molecule has 0 bridgehead atoms. The molecule has 0 aliphatic rings. The van der Waals surface area contributed by atoms with E-state index < -0.39 is 25.5 Å². The SMILES string of the molecule is COc1ccc(S(=O)(=O)NCC(N)C(C)C)c([N+](=O)[O-])c1. The van der Waals surface area contributed by atoms with E-state index >= 15 is 0 Å². The topological polar surface area (TPSA) is 125 Å². The zero-order valence-electron chi connectivity index (χ0n) is 12.1. The second kappa shape index (κ2) is 6.83. The van der Waals surface area contributed by atoms with Crippen LogP contribution in [0, 0.1) is 16.0 Å². The number of nitrogens with two attached hydrogens (primary N) is 1. The molecule has 1 unspecified atom stereocenters. The van der Waals surface area contributed by atoms with Crippen LogP contribution in [-0.2, 0) is 10.0 Å². The van der Waals surface area contributed by atoms with Crippen LogP contribution in [0.25, 0.3) is 0 Å². The van der Waals surface area contributed by atoms with Crippen molar-refractivity contribution in [3.63, 3.8) is 0 Å². The van der Waals surface area contributed by atoms with Crippen LogP contribution in [-0.4, -0.2) is 33.0 Å². The third-order valence-electron chi connectivity index (χ3n) is 3.02. The number of nitrogens with zero attached hydrogens (tertiary/aromatic N) is 1. The Hall–Kier alpha value is -1.71. The summed E-state index contributed by atoms with van der Waals surface area (Å²) in [6.45, 7) is 3.72. The summed E-state index contributed by atoms with van der Waals surface area (Å²) in [4.78, 5) is 9.84. The minimum atomic E-state index is -4.02. The van der Waals surface area contributed by atoms with Gasteiger partial charge in [-0.15, -0.1) is 0 Å². The summed E-state index contributed by atoms with van der Waals surface area (Å²) in [5, 5.41) is 11.0. The smallest absolute Gasteiger partial charge is 0.293 e. The second-order valence-electron chi connectivity index (χ2n) is 4.85. The van der Waals surface area contributed by atoms with Crippen molar-refractivity contribution in [3.8, 4) is 5.75 Å². The lowest BCUT2D eigenvalue weighted by Gasteiger charge is -2.16. The van der Waals surface area contributed by atoms with Crippen LogP contribution in [0.1, 0.15) is 13.8 Å². The number of nitro groups is 1. The van der Waals surface area contributed by atoms with Crippen LogP contribution in [0.15, 0.2) is 23.1 Å². The molecule has 0 radical (unpaired) electrons. The van der Waals surface area contributed by atoms with Crippen LogP contribution in [0.5, 0.6) is 5.75 Å². The average molecular weight is 317 g/mol. The van der Waals surface area contributed by atoms with Gasteiger partial charge in [-0.2, -0.15) is 0 Å². The Morgan fingerprint density at radius 2 is 2.05 bits per heavy atom. The molecule has 0 amide bonds. The summed E-state index contributed by atoms with van der Waals surface area (Å²) in [5.41, 5.74) is 5.22. The third kappa shape index (κ3) is 4.38. The number of nitrogens with one attached hydrogen (secondary N) is 1. The van der Waals surface area contributed by atoms with Gasteiger partial charge < -0.3 is 10.5 Å². The van der Waals surface area contributed by atoms with E-state index in [2.05, 4.69) is 4.72 Å². The Morgan fingerprint density at radius 3 is 2.52 bits per heavy atom. The molecule has 1 atom stereocenters. The highest BCUT2D eigenvalue weighted by Gasteiger charge is 2.27. The van der Waals surface area contributed by atoms with Gasteiger partial charge in [0.1, 0.15) is 5.75 Å². The molecule has 0 fully saturated rings. The van der Waals surface area contributed by atoms with Crippen LogP contribution >= 0.6 is 0 Å². The molecular weight excluding hydrogens is 298 g/mol. The van der Waals surface area contributed by atoms with Gasteiger partial charge in [-0.1, -0.05) is 13.8 Å². The van der Waals surface area contributed by atoms with E-state index in [1.807, 2.05) is 13.8 Å². The Labute approximate surface area is 123 Å². The van der Waals surface area contributed by atoms with Crippen molar-refractivity contribution in [2.45, 2.75) is 24.8 Å². The maximum atomic E-state index is 12.2. The first-order valence-electron chi connectivity index (χ1n) is 6.26. The summed E-state index contributed by atoms with van der Waals surface area (Å²) in [6.07, 6.45) is 0. The Kier molecular flexibility index (Phi) is 5.64. The minimum absolute atomic E-state index is 0.00316. The molecular formula is C12H19N3O5S. The summed E-state index contributed by atoms with van der Waals surface area (Å²) in [7, 11) is -2.68. The van der Waals surface area contributed by atoms with E-state index in [0.717, 1.165) is 12.1 Å². The number of benzene rings is 1. The molecule has 9 heteroatoms. The lowest BCUT2D eigenvalue weighted by atomic mass is 10.1. The Morgan fingerprint density at radius 1 is 1.43 bits per heavy atom. The van der Waals surface area contributed by atoms with Crippen molar-refractivity contribution in [3.05, 3.63) is 28.3 Å². The molecule has 1 rings (SSSR count). The Bertz CT molecular complexity index is 615. The first kappa shape index (κ1) is 17.3. The maximum Gasteiger partial charge on any atom is 0.293 e. The monoisotopic (exact) mass is 317 g/mol. The van der Waals surface area contributed by atoms with E-state index in [4.69, 9.17) is 10.5 Å².